The fourth-order valence-electron chi connectivity index (χ4n) is 8.27. The molecule has 2 aliphatic heterocycles. The number of nitrogens with zero attached hydrogens (tertiary/aromatic N) is 1. The van der Waals surface area contributed by atoms with Gasteiger partial charge in [-0.15, -0.1) is 0 Å². The first kappa shape index (κ1) is 28.8. The second kappa shape index (κ2) is 11.4. The number of aliphatic imine (C=N–C) groups is 1. The maximum absolute atomic E-state index is 6.56. The molecule has 0 saturated heterocycles. The molecule has 10 rings (SSSR count). The zero-order valence-electron chi connectivity index (χ0n) is 27.3. The second-order valence-corrected chi connectivity index (χ2v) is 13.1. The molecule has 0 radical (unpaired) electrons. The first-order chi connectivity index (χ1) is 24.8. The molecule has 0 amide bonds. The van der Waals surface area contributed by atoms with Gasteiger partial charge < -0.3 is 10.1 Å². The lowest BCUT2D eigenvalue weighted by atomic mass is 9.66. The number of amidine groups is 1. The maximum Gasteiger partial charge on any atom is 0.132 e. The zero-order chi connectivity index (χ0) is 33.1. The normalized spacial score (nSPS) is 17.7. The van der Waals surface area contributed by atoms with E-state index in [2.05, 4.69) is 187 Å². The van der Waals surface area contributed by atoms with Crippen molar-refractivity contribution in [2.75, 3.05) is 0 Å². The first-order valence-corrected chi connectivity index (χ1v) is 17.2. The number of nitrogens with one attached hydrogen (secondary N) is 2. The molecule has 1 spiro atoms. The summed E-state index contributed by atoms with van der Waals surface area (Å²) in [6.07, 6.45) is -0.402. The minimum Gasteiger partial charge on any atom is -0.457 e. The number of ether oxygens (including phenoxy) is 1. The van der Waals surface area contributed by atoms with E-state index in [0.717, 1.165) is 45.2 Å². The van der Waals surface area contributed by atoms with Gasteiger partial charge in [0.2, 0.25) is 0 Å². The summed E-state index contributed by atoms with van der Waals surface area (Å²) in [6.45, 7) is 0. The lowest BCUT2D eigenvalue weighted by Gasteiger charge is -2.39. The lowest BCUT2D eigenvalue weighted by Crippen LogP contribution is -2.45. The number of hydrogen-bond donors (Lipinski definition) is 2. The number of hydrogen-bond acceptors (Lipinski definition) is 4. The summed E-state index contributed by atoms with van der Waals surface area (Å²) in [7, 11) is 0. The molecule has 7 aromatic carbocycles. The summed E-state index contributed by atoms with van der Waals surface area (Å²) >= 11 is 0. The highest BCUT2D eigenvalue weighted by Gasteiger charge is 2.51. The highest BCUT2D eigenvalue weighted by Crippen LogP contribution is 2.62. The second-order valence-electron chi connectivity index (χ2n) is 13.1. The van der Waals surface area contributed by atoms with Gasteiger partial charge in [-0.05, 0) is 56.6 Å². The molecule has 3 aliphatic rings. The van der Waals surface area contributed by atoms with Gasteiger partial charge in [0.05, 0.1) is 5.41 Å². The molecule has 4 nitrogen and oxygen atoms in total. The molecule has 0 saturated carbocycles. The average Bonchev–Trinajstić information content (AvgIpc) is 3.49. The van der Waals surface area contributed by atoms with Gasteiger partial charge in [-0.2, -0.15) is 0 Å². The summed E-state index contributed by atoms with van der Waals surface area (Å²) in [4.78, 5) is 5.41. The number of rotatable bonds is 4. The van der Waals surface area contributed by atoms with Crippen LogP contribution in [0.15, 0.2) is 181 Å². The van der Waals surface area contributed by atoms with Crippen LogP contribution in [-0.4, -0.2) is 5.84 Å². The van der Waals surface area contributed by atoms with Crippen molar-refractivity contribution in [2.24, 2.45) is 4.99 Å². The van der Waals surface area contributed by atoms with E-state index in [-0.39, 0.29) is 12.3 Å². The predicted molar refractivity (Wildman–Crippen MR) is 200 cm³/mol. The molecule has 1 aliphatic carbocycles. The quantitative estimate of drug-likeness (QED) is 0.201. The Morgan fingerprint density at radius 1 is 0.460 bits per heavy atom. The van der Waals surface area contributed by atoms with Gasteiger partial charge in [-0.25, -0.2) is 4.99 Å². The average molecular weight is 644 g/mol. The zero-order valence-corrected chi connectivity index (χ0v) is 27.3. The Balaban J connectivity index is 1.16. The molecular weight excluding hydrogens is 611 g/mol. The van der Waals surface area contributed by atoms with E-state index >= 15 is 0 Å². The molecule has 7 aromatic rings. The van der Waals surface area contributed by atoms with Crippen molar-refractivity contribution < 1.29 is 4.74 Å². The molecule has 2 N–H and O–H groups in total. The third-order valence-electron chi connectivity index (χ3n) is 10.5. The Hall–Kier alpha value is -6.23. The van der Waals surface area contributed by atoms with E-state index in [4.69, 9.17) is 9.73 Å². The summed E-state index contributed by atoms with van der Waals surface area (Å²) < 4.78 is 6.56. The van der Waals surface area contributed by atoms with Gasteiger partial charge in [0, 0.05) is 16.7 Å². The minimum atomic E-state index is -0.535. The van der Waals surface area contributed by atoms with Crippen LogP contribution >= 0.6 is 0 Å². The highest BCUT2D eigenvalue weighted by atomic mass is 16.5. The van der Waals surface area contributed by atoms with Crippen molar-refractivity contribution in [1.29, 1.82) is 0 Å². The standard InChI is InChI=1S/C46H33N3O/c1-3-14-30(15-4-1)31-26-28-33(29-27-31)44-47-43(32-16-5-2-6-17-32)48-45(49-44)35-19-13-23-39-42(35)34-18-7-8-20-36(34)46(39)37-21-9-11-24-40(37)50-41-25-12-10-22-38(41)46/h1-29,43-44,47H,(H,48,49). The van der Waals surface area contributed by atoms with E-state index in [0.29, 0.717) is 0 Å². The molecule has 2 atom stereocenters. The van der Waals surface area contributed by atoms with Crippen molar-refractivity contribution in [3.05, 3.63) is 215 Å². The topological polar surface area (TPSA) is 45.6 Å². The number of benzene rings is 7. The lowest BCUT2D eigenvalue weighted by molar-refractivity contribution is 0.409. The van der Waals surface area contributed by atoms with Crippen molar-refractivity contribution >= 4 is 5.84 Å². The highest BCUT2D eigenvalue weighted by molar-refractivity contribution is 6.08. The third kappa shape index (κ3) is 4.32. The van der Waals surface area contributed by atoms with Crippen molar-refractivity contribution in [2.45, 2.75) is 17.7 Å². The number of fused-ring (bicyclic) bond motifs is 9. The molecule has 4 heteroatoms. The smallest absolute Gasteiger partial charge is 0.132 e. The number of para-hydroxylation sites is 2. The molecule has 0 aromatic heterocycles. The fraction of sp³-hybridized carbons (Fsp3) is 0.0652. The Morgan fingerprint density at radius 3 is 1.74 bits per heavy atom. The third-order valence-corrected chi connectivity index (χ3v) is 10.5. The van der Waals surface area contributed by atoms with E-state index in [1.165, 1.54) is 33.4 Å². The van der Waals surface area contributed by atoms with Crippen LogP contribution in [0.1, 0.15) is 51.3 Å². The Labute approximate surface area is 291 Å². The molecule has 2 heterocycles. The first-order valence-electron chi connectivity index (χ1n) is 17.2. The molecular formula is C46H33N3O. The molecule has 238 valence electrons. The SMILES string of the molecule is c1ccc(-c2ccc(C3NC(c4cccc5c4-c4ccccc4C54c5ccccc5Oc5ccccc54)=NC(c4ccccc4)N3)cc2)cc1. The largest absolute Gasteiger partial charge is 0.457 e. The molecule has 0 bridgehead atoms. The van der Waals surface area contributed by atoms with E-state index < -0.39 is 5.41 Å². The van der Waals surface area contributed by atoms with Crippen LogP contribution in [0.3, 0.4) is 0 Å². The van der Waals surface area contributed by atoms with Crippen LogP contribution in [0, 0.1) is 0 Å². The van der Waals surface area contributed by atoms with Crippen LogP contribution in [0.25, 0.3) is 22.3 Å². The maximum atomic E-state index is 6.56. The fourth-order valence-corrected chi connectivity index (χ4v) is 8.27. The molecule has 0 fully saturated rings. The van der Waals surface area contributed by atoms with Gasteiger partial charge in [-0.1, -0.05) is 164 Å². The Bertz CT molecular complexity index is 2370. The van der Waals surface area contributed by atoms with Gasteiger partial charge >= 0.3 is 0 Å². The predicted octanol–water partition coefficient (Wildman–Crippen LogP) is 10.2. The van der Waals surface area contributed by atoms with Crippen molar-refractivity contribution in [1.82, 2.24) is 10.6 Å². The van der Waals surface area contributed by atoms with Crippen LogP contribution in [0.4, 0.5) is 0 Å². The summed E-state index contributed by atoms with van der Waals surface area (Å²) in [5.74, 6) is 2.64. The Morgan fingerprint density at radius 2 is 1.02 bits per heavy atom. The van der Waals surface area contributed by atoms with E-state index in [1.54, 1.807) is 0 Å². The van der Waals surface area contributed by atoms with Crippen LogP contribution < -0.4 is 15.4 Å². The van der Waals surface area contributed by atoms with Crippen LogP contribution in [0.2, 0.25) is 0 Å². The molecule has 2 unspecified atom stereocenters. The van der Waals surface area contributed by atoms with Gasteiger partial charge in [-0.3, -0.25) is 5.32 Å². The van der Waals surface area contributed by atoms with Crippen LogP contribution in [-0.2, 0) is 5.41 Å². The Kier molecular flexibility index (Phi) is 6.58. The van der Waals surface area contributed by atoms with Gasteiger partial charge in [0.25, 0.3) is 0 Å². The van der Waals surface area contributed by atoms with Crippen LogP contribution in [0.5, 0.6) is 11.5 Å². The van der Waals surface area contributed by atoms with Crippen molar-refractivity contribution in [3.8, 4) is 33.8 Å². The van der Waals surface area contributed by atoms with E-state index in [9.17, 15) is 0 Å². The monoisotopic (exact) mass is 643 g/mol. The molecule has 50 heavy (non-hydrogen) atoms. The van der Waals surface area contributed by atoms with Crippen molar-refractivity contribution in [3.63, 3.8) is 0 Å². The summed E-state index contributed by atoms with van der Waals surface area (Å²) in [5.41, 5.74) is 12.4. The summed E-state index contributed by atoms with van der Waals surface area (Å²) in [5, 5.41) is 7.65. The van der Waals surface area contributed by atoms with Gasteiger partial charge in [0.1, 0.15) is 29.7 Å². The minimum absolute atomic E-state index is 0.163. The van der Waals surface area contributed by atoms with Gasteiger partial charge in [0.15, 0.2) is 0 Å². The van der Waals surface area contributed by atoms with E-state index in [1.807, 2.05) is 0 Å². The summed E-state index contributed by atoms with van der Waals surface area (Å²) in [6, 6.07) is 62.5.